The van der Waals surface area contributed by atoms with Crippen LogP contribution in [0.1, 0.15) is 58.8 Å². The van der Waals surface area contributed by atoms with E-state index in [1.54, 1.807) is 0 Å². The van der Waals surface area contributed by atoms with Gasteiger partial charge in [0.15, 0.2) is 0 Å². The van der Waals surface area contributed by atoms with Crippen LogP contribution in [-0.2, 0) is 4.79 Å². The van der Waals surface area contributed by atoms with E-state index < -0.39 is 11.6 Å². The summed E-state index contributed by atoms with van der Waals surface area (Å²) >= 11 is 0. The van der Waals surface area contributed by atoms with Gasteiger partial charge in [-0.2, -0.15) is 0 Å². The van der Waals surface area contributed by atoms with Gasteiger partial charge in [-0.05, 0) is 18.8 Å². The molecule has 1 saturated carbocycles. The minimum Gasteiger partial charge on any atom is -0.388 e. The molecule has 1 fully saturated rings. The third-order valence-corrected chi connectivity index (χ3v) is 4.19. The summed E-state index contributed by atoms with van der Waals surface area (Å²) in [4.78, 5) is 11.9. The van der Waals surface area contributed by atoms with Crippen LogP contribution in [0.3, 0.4) is 0 Å². The molecule has 0 aromatic rings. The van der Waals surface area contributed by atoms with Crippen LogP contribution in [0.4, 0.5) is 0 Å². The summed E-state index contributed by atoms with van der Waals surface area (Å²) in [6.07, 6.45) is 6.91. The van der Waals surface area contributed by atoms with Crippen molar-refractivity contribution in [2.45, 2.75) is 70.4 Å². The first-order valence-corrected chi connectivity index (χ1v) is 7.24. The molecule has 2 atom stereocenters. The molecule has 4 heteroatoms. The van der Waals surface area contributed by atoms with Crippen molar-refractivity contribution < 1.29 is 9.90 Å². The van der Waals surface area contributed by atoms with Gasteiger partial charge < -0.3 is 16.2 Å². The first-order valence-electron chi connectivity index (χ1n) is 7.24. The number of carbonyl (C=O) groups is 1. The number of rotatable bonds is 5. The Labute approximate surface area is 110 Å². The quantitative estimate of drug-likeness (QED) is 0.653. The monoisotopic (exact) mass is 256 g/mol. The normalized spacial score (nSPS) is 22.9. The second kappa shape index (κ2) is 7.10. The fraction of sp³-hybridized carbons (Fsp3) is 0.929. The maximum absolute atomic E-state index is 11.9. The van der Waals surface area contributed by atoms with Gasteiger partial charge in [0.05, 0.1) is 11.6 Å². The number of nitrogens with one attached hydrogen (secondary N) is 1. The van der Waals surface area contributed by atoms with Crippen molar-refractivity contribution in [1.82, 2.24) is 5.32 Å². The molecule has 0 saturated heterocycles. The van der Waals surface area contributed by atoms with Crippen molar-refractivity contribution in [2.24, 2.45) is 11.7 Å². The molecule has 0 heterocycles. The van der Waals surface area contributed by atoms with E-state index in [0.29, 0.717) is 6.54 Å². The zero-order chi connectivity index (χ0) is 13.6. The molecule has 1 aliphatic carbocycles. The summed E-state index contributed by atoms with van der Waals surface area (Å²) < 4.78 is 0. The first-order chi connectivity index (χ1) is 8.48. The van der Waals surface area contributed by atoms with E-state index in [2.05, 4.69) is 5.32 Å². The average Bonchev–Trinajstić information content (AvgIpc) is 2.59. The zero-order valence-electron chi connectivity index (χ0n) is 11.7. The minimum atomic E-state index is -0.721. The molecule has 1 rings (SSSR count). The van der Waals surface area contributed by atoms with Crippen molar-refractivity contribution >= 4 is 5.91 Å². The summed E-state index contributed by atoms with van der Waals surface area (Å²) in [6, 6.07) is -0.468. The lowest BCUT2D eigenvalue weighted by atomic mass is 9.94. The van der Waals surface area contributed by atoms with E-state index in [1.807, 2.05) is 13.8 Å². The molecule has 0 radical (unpaired) electrons. The van der Waals surface area contributed by atoms with Crippen LogP contribution in [0.2, 0.25) is 0 Å². The largest absolute Gasteiger partial charge is 0.388 e. The van der Waals surface area contributed by atoms with Gasteiger partial charge in [0.25, 0.3) is 0 Å². The summed E-state index contributed by atoms with van der Waals surface area (Å²) in [7, 11) is 0. The van der Waals surface area contributed by atoms with Crippen molar-refractivity contribution in [1.29, 1.82) is 0 Å². The predicted molar refractivity (Wildman–Crippen MR) is 73.1 cm³/mol. The first kappa shape index (κ1) is 15.4. The summed E-state index contributed by atoms with van der Waals surface area (Å²) in [5.74, 6) is 0.0378. The molecule has 0 aromatic heterocycles. The van der Waals surface area contributed by atoms with Gasteiger partial charge in [0.1, 0.15) is 0 Å². The predicted octanol–water partition coefficient (Wildman–Crippen LogP) is 1.56. The Morgan fingerprint density at radius 3 is 2.39 bits per heavy atom. The Hall–Kier alpha value is -0.610. The molecule has 0 aromatic carbocycles. The highest BCUT2D eigenvalue weighted by molar-refractivity contribution is 5.81. The molecule has 1 aliphatic rings. The van der Waals surface area contributed by atoms with Crippen LogP contribution in [0.25, 0.3) is 0 Å². The second-order valence-electron chi connectivity index (χ2n) is 5.77. The highest BCUT2D eigenvalue weighted by Crippen LogP contribution is 2.26. The standard InChI is InChI=1S/C14H28N2O2/c1-3-11(2)12(15)13(17)16-10-14(18)8-6-4-5-7-9-14/h11-12,18H,3-10,15H2,1-2H3,(H,16,17)/t11?,12-/m0/s1. The Kier molecular flexibility index (Phi) is 6.09. The Balaban J connectivity index is 2.40. The number of hydrogen-bond donors (Lipinski definition) is 3. The average molecular weight is 256 g/mol. The van der Waals surface area contributed by atoms with Crippen molar-refractivity contribution in [2.75, 3.05) is 6.54 Å². The maximum atomic E-state index is 11.9. The summed E-state index contributed by atoms with van der Waals surface area (Å²) in [5.41, 5.74) is 5.15. The Morgan fingerprint density at radius 2 is 1.89 bits per heavy atom. The van der Waals surface area contributed by atoms with E-state index in [4.69, 9.17) is 5.73 Å². The molecule has 0 bridgehead atoms. The molecule has 18 heavy (non-hydrogen) atoms. The number of hydrogen-bond acceptors (Lipinski definition) is 3. The van der Waals surface area contributed by atoms with Crippen molar-refractivity contribution in [3.05, 3.63) is 0 Å². The molecular formula is C14H28N2O2. The molecule has 4 nitrogen and oxygen atoms in total. The van der Waals surface area contributed by atoms with Gasteiger partial charge in [0.2, 0.25) is 5.91 Å². The fourth-order valence-corrected chi connectivity index (χ4v) is 2.45. The van der Waals surface area contributed by atoms with E-state index in [-0.39, 0.29) is 11.8 Å². The van der Waals surface area contributed by atoms with Crippen LogP contribution in [-0.4, -0.2) is 29.2 Å². The van der Waals surface area contributed by atoms with Crippen LogP contribution >= 0.6 is 0 Å². The van der Waals surface area contributed by atoms with Crippen LogP contribution in [0, 0.1) is 5.92 Å². The van der Waals surface area contributed by atoms with Crippen LogP contribution in [0.5, 0.6) is 0 Å². The molecule has 1 unspecified atom stereocenters. The molecule has 0 aliphatic heterocycles. The third kappa shape index (κ3) is 4.58. The van der Waals surface area contributed by atoms with E-state index in [0.717, 1.165) is 32.1 Å². The molecule has 1 amide bonds. The van der Waals surface area contributed by atoms with Gasteiger partial charge in [-0.15, -0.1) is 0 Å². The number of amides is 1. The van der Waals surface area contributed by atoms with Crippen LogP contribution < -0.4 is 11.1 Å². The van der Waals surface area contributed by atoms with Crippen molar-refractivity contribution in [3.8, 4) is 0 Å². The lowest BCUT2D eigenvalue weighted by molar-refractivity contribution is -0.124. The van der Waals surface area contributed by atoms with Gasteiger partial charge in [0, 0.05) is 6.54 Å². The Morgan fingerprint density at radius 1 is 1.33 bits per heavy atom. The van der Waals surface area contributed by atoms with Crippen LogP contribution in [0.15, 0.2) is 0 Å². The minimum absolute atomic E-state index is 0.137. The zero-order valence-corrected chi connectivity index (χ0v) is 11.7. The molecule has 4 N–H and O–H groups in total. The van der Waals surface area contributed by atoms with Crippen molar-refractivity contribution in [3.63, 3.8) is 0 Å². The summed E-state index contributed by atoms with van der Waals surface area (Å²) in [6.45, 7) is 4.34. The third-order valence-electron chi connectivity index (χ3n) is 4.19. The second-order valence-corrected chi connectivity index (χ2v) is 5.77. The van der Waals surface area contributed by atoms with E-state index >= 15 is 0 Å². The highest BCUT2D eigenvalue weighted by atomic mass is 16.3. The molecular weight excluding hydrogens is 228 g/mol. The topological polar surface area (TPSA) is 75.4 Å². The van der Waals surface area contributed by atoms with E-state index in [1.165, 1.54) is 12.8 Å². The number of carbonyl (C=O) groups excluding carboxylic acids is 1. The molecule has 0 spiro atoms. The molecule has 106 valence electrons. The van der Waals surface area contributed by atoms with E-state index in [9.17, 15) is 9.90 Å². The number of nitrogens with two attached hydrogens (primary N) is 1. The number of aliphatic hydroxyl groups is 1. The van der Waals surface area contributed by atoms with Gasteiger partial charge in [-0.3, -0.25) is 4.79 Å². The Bertz CT molecular complexity index is 261. The fourth-order valence-electron chi connectivity index (χ4n) is 2.45. The van der Waals surface area contributed by atoms with Gasteiger partial charge in [-0.1, -0.05) is 46.0 Å². The lowest BCUT2D eigenvalue weighted by Crippen LogP contribution is -2.50. The lowest BCUT2D eigenvalue weighted by Gasteiger charge is -2.28. The highest BCUT2D eigenvalue weighted by Gasteiger charge is 2.29. The summed E-state index contributed by atoms with van der Waals surface area (Å²) in [5, 5.41) is 13.2. The maximum Gasteiger partial charge on any atom is 0.237 e. The van der Waals surface area contributed by atoms with Gasteiger partial charge >= 0.3 is 0 Å². The smallest absolute Gasteiger partial charge is 0.237 e. The van der Waals surface area contributed by atoms with Gasteiger partial charge in [-0.25, -0.2) is 0 Å². The SMILES string of the molecule is CCC(C)[C@H](N)C(=O)NCC1(O)CCCCCC1.